The van der Waals surface area contributed by atoms with Crippen molar-refractivity contribution < 1.29 is 9.53 Å². The average Bonchev–Trinajstić information content (AvgIpc) is 3.24. The van der Waals surface area contributed by atoms with Crippen LogP contribution in [0.25, 0.3) is 5.70 Å². The Morgan fingerprint density at radius 2 is 2.22 bits per heavy atom. The van der Waals surface area contributed by atoms with Crippen molar-refractivity contribution in [3.8, 4) is 5.75 Å². The van der Waals surface area contributed by atoms with Crippen molar-refractivity contribution in [1.82, 2.24) is 9.55 Å². The Morgan fingerprint density at radius 3 is 3.11 bits per heavy atom. The molecule has 5 nitrogen and oxygen atoms in total. The van der Waals surface area contributed by atoms with Gasteiger partial charge >= 0.3 is 0 Å². The fraction of sp³-hybridized carbons (Fsp3) is 0.143. The van der Waals surface area contributed by atoms with Crippen molar-refractivity contribution in [2.75, 3.05) is 12.0 Å². The average molecular weight is 375 g/mol. The van der Waals surface area contributed by atoms with Gasteiger partial charge in [-0.25, -0.2) is 4.98 Å². The minimum atomic E-state index is -0.249. The number of carbonyl (C=O) groups excluding carboxylic acids is 1. The second-order valence-electron chi connectivity index (χ2n) is 6.53. The molecule has 134 valence electrons. The minimum Gasteiger partial charge on any atom is -0.497 e. The molecule has 1 aromatic heterocycles. The van der Waals surface area contributed by atoms with Crippen LogP contribution in [0, 0.1) is 0 Å². The molecule has 1 atom stereocenters. The largest absolute Gasteiger partial charge is 0.497 e. The molecule has 6 heteroatoms. The highest BCUT2D eigenvalue weighted by Crippen LogP contribution is 2.50. The van der Waals surface area contributed by atoms with Gasteiger partial charge in [0.1, 0.15) is 16.3 Å². The fourth-order valence-corrected chi connectivity index (χ4v) is 4.62. The van der Waals surface area contributed by atoms with Crippen LogP contribution in [0.1, 0.15) is 16.8 Å². The van der Waals surface area contributed by atoms with Crippen LogP contribution in [0.2, 0.25) is 0 Å². The van der Waals surface area contributed by atoms with E-state index in [1.165, 1.54) is 11.8 Å². The molecule has 2 aromatic rings. The standard InChI is InChI=1S/C21H17N3O2S/c1-26-16-8-6-7-15(13-16)19(25)27-18-14-22-20-23-12-5-4-11-21(23)10-3-2-9-17(21)24(18)20/h2-9,11-14H,10H2,1H3. The van der Waals surface area contributed by atoms with Gasteiger partial charge in [0.05, 0.1) is 19.0 Å². The summed E-state index contributed by atoms with van der Waals surface area (Å²) in [6.45, 7) is 0. The van der Waals surface area contributed by atoms with Gasteiger partial charge in [0.25, 0.3) is 0 Å². The lowest BCUT2D eigenvalue weighted by Crippen LogP contribution is -2.43. The molecule has 0 amide bonds. The normalized spacial score (nSPS) is 21.5. The van der Waals surface area contributed by atoms with Gasteiger partial charge in [0.15, 0.2) is 0 Å². The summed E-state index contributed by atoms with van der Waals surface area (Å²) in [4.78, 5) is 19.6. The highest BCUT2D eigenvalue weighted by Gasteiger charge is 2.48. The molecule has 1 spiro atoms. The van der Waals surface area contributed by atoms with Crippen LogP contribution in [-0.4, -0.2) is 27.3 Å². The van der Waals surface area contributed by atoms with Gasteiger partial charge in [-0.3, -0.25) is 9.36 Å². The third-order valence-electron chi connectivity index (χ3n) is 5.08. The second-order valence-corrected chi connectivity index (χ2v) is 7.53. The van der Waals surface area contributed by atoms with E-state index in [1.54, 1.807) is 25.4 Å². The van der Waals surface area contributed by atoms with Crippen LogP contribution in [0.15, 0.2) is 78.1 Å². The Bertz CT molecular complexity index is 1060. The summed E-state index contributed by atoms with van der Waals surface area (Å²) >= 11 is 1.19. The molecule has 3 heterocycles. The third kappa shape index (κ3) is 2.33. The summed E-state index contributed by atoms with van der Waals surface area (Å²) in [5, 5.41) is 0.781. The molecule has 1 aliphatic carbocycles. The number of rotatable bonds is 3. The van der Waals surface area contributed by atoms with Crippen LogP contribution in [0.4, 0.5) is 5.95 Å². The number of hydrogen-bond acceptors (Lipinski definition) is 5. The van der Waals surface area contributed by atoms with Crippen LogP contribution in [0.5, 0.6) is 5.75 Å². The van der Waals surface area contributed by atoms with Gasteiger partial charge < -0.3 is 9.64 Å². The monoisotopic (exact) mass is 375 g/mol. The van der Waals surface area contributed by atoms with E-state index in [2.05, 4.69) is 51.0 Å². The van der Waals surface area contributed by atoms with Crippen LogP contribution in [0.3, 0.4) is 0 Å². The summed E-state index contributed by atoms with van der Waals surface area (Å²) in [5.74, 6) is 1.51. The van der Waals surface area contributed by atoms with E-state index >= 15 is 0 Å². The van der Waals surface area contributed by atoms with Crippen molar-refractivity contribution in [3.05, 3.63) is 78.7 Å². The van der Waals surface area contributed by atoms with E-state index < -0.39 is 0 Å². The zero-order valence-corrected chi connectivity index (χ0v) is 15.5. The second kappa shape index (κ2) is 6.03. The molecular weight excluding hydrogens is 358 g/mol. The van der Waals surface area contributed by atoms with Crippen molar-refractivity contribution >= 4 is 28.5 Å². The van der Waals surface area contributed by atoms with Crippen molar-refractivity contribution in [1.29, 1.82) is 0 Å². The molecule has 0 fully saturated rings. The number of anilines is 1. The van der Waals surface area contributed by atoms with Gasteiger partial charge in [-0.05, 0) is 42.5 Å². The van der Waals surface area contributed by atoms with E-state index in [-0.39, 0.29) is 10.7 Å². The Hall–Kier alpha value is -2.99. The molecule has 2 aliphatic heterocycles. The molecule has 0 radical (unpaired) electrons. The van der Waals surface area contributed by atoms with Gasteiger partial charge in [-0.1, -0.05) is 36.4 Å². The number of imidazole rings is 1. The zero-order chi connectivity index (χ0) is 18.4. The number of methoxy groups -OCH3 is 1. The van der Waals surface area contributed by atoms with E-state index in [4.69, 9.17) is 4.74 Å². The predicted octanol–water partition coefficient (Wildman–Crippen LogP) is 4.27. The Balaban J connectivity index is 1.54. The van der Waals surface area contributed by atoms with E-state index in [1.807, 2.05) is 18.2 Å². The number of nitrogens with zero attached hydrogens (tertiary/aromatic N) is 3. The summed E-state index contributed by atoms with van der Waals surface area (Å²) in [7, 11) is 1.60. The summed E-state index contributed by atoms with van der Waals surface area (Å²) in [5.41, 5.74) is 1.48. The summed E-state index contributed by atoms with van der Waals surface area (Å²) < 4.78 is 7.32. The third-order valence-corrected chi connectivity index (χ3v) is 6.00. The molecule has 1 aromatic carbocycles. The molecule has 5 rings (SSSR count). The van der Waals surface area contributed by atoms with Crippen molar-refractivity contribution in [2.24, 2.45) is 0 Å². The molecular formula is C21H17N3O2S. The number of carbonyl (C=O) groups is 1. The number of hydrogen-bond donors (Lipinski definition) is 0. The van der Waals surface area contributed by atoms with Crippen LogP contribution in [-0.2, 0) is 0 Å². The summed E-state index contributed by atoms with van der Waals surface area (Å²) in [6, 6.07) is 7.22. The highest BCUT2D eigenvalue weighted by molar-refractivity contribution is 8.14. The maximum Gasteiger partial charge on any atom is 0.225 e. The van der Waals surface area contributed by atoms with Gasteiger partial charge in [0, 0.05) is 11.8 Å². The first-order valence-corrected chi connectivity index (χ1v) is 9.52. The van der Waals surface area contributed by atoms with Gasteiger partial charge in [-0.2, -0.15) is 0 Å². The Labute approximate surface area is 161 Å². The van der Waals surface area contributed by atoms with Crippen molar-refractivity contribution in [2.45, 2.75) is 17.0 Å². The number of ether oxygens (including phenoxy) is 1. The lowest BCUT2D eigenvalue weighted by molar-refractivity contribution is 0.108. The fourth-order valence-electron chi connectivity index (χ4n) is 3.81. The number of thioether (sulfide) groups is 1. The van der Waals surface area contributed by atoms with Crippen LogP contribution < -0.4 is 9.64 Å². The lowest BCUT2D eigenvalue weighted by atomic mass is 9.85. The first-order valence-electron chi connectivity index (χ1n) is 8.70. The number of allylic oxidation sites excluding steroid dienone is 4. The molecule has 1 unspecified atom stereocenters. The topological polar surface area (TPSA) is 47.4 Å². The zero-order valence-electron chi connectivity index (χ0n) is 14.7. The molecule has 0 N–H and O–H groups in total. The lowest BCUT2D eigenvalue weighted by Gasteiger charge is -2.37. The Kier molecular flexibility index (Phi) is 3.62. The first kappa shape index (κ1) is 16.2. The summed E-state index contributed by atoms with van der Waals surface area (Å²) in [6.07, 6.45) is 17.3. The molecule has 0 bridgehead atoms. The molecule has 0 saturated carbocycles. The SMILES string of the molecule is COc1cccc(C(=O)Sc2cnc3n2C2=CC=CCC24C=CC=CN34)c1. The van der Waals surface area contributed by atoms with E-state index in [0.717, 1.165) is 23.1 Å². The highest BCUT2D eigenvalue weighted by atomic mass is 32.2. The smallest absolute Gasteiger partial charge is 0.225 e. The number of aromatic nitrogens is 2. The van der Waals surface area contributed by atoms with Crippen molar-refractivity contribution in [3.63, 3.8) is 0 Å². The predicted molar refractivity (Wildman–Crippen MR) is 107 cm³/mol. The molecule has 0 saturated heterocycles. The Morgan fingerprint density at radius 1 is 1.30 bits per heavy atom. The van der Waals surface area contributed by atoms with E-state index in [0.29, 0.717) is 11.3 Å². The van der Waals surface area contributed by atoms with Gasteiger partial charge in [-0.15, -0.1) is 0 Å². The number of benzene rings is 1. The first-order chi connectivity index (χ1) is 13.2. The van der Waals surface area contributed by atoms with Crippen LogP contribution >= 0.6 is 11.8 Å². The molecule has 3 aliphatic rings. The maximum atomic E-state index is 12.8. The van der Waals surface area contributed by atoms with Gasteiger partial charge in [0.2, 0.25) is 11.1 Å². The minimum absolute atomic E-state index is 0.0337. The molecule has 27 heavy (non-hydrogen) atoms. The quantitative estimate of drug-likeness (QED) is 0.750. The maximum absolute atomic E-state index is 12.8. The number of fused-ring (bicyclic) bond motifs is 3. The van der Waals surface area contributed by atoms with E-state index in [9.17, 15) is 4.79 Å².